The summed E-state index contributed by atoms with van der Waals surface area (Å²) in [4.78, 5) is 7.96. The number of aromatic nitrogens is 2. The van der Waals surface area contributed by atoms with Gasteiger partial charge in [0.1, 0.15) is 27.3 Å². The van der Waals surface area contributed by atoms with Crippen molar-refractivity contribution >= 4 is 21.5 Å². The maximum Gasteiger partial charge on any atom is 0.149 e. The number of rotatable bonds is 4. The van der Waals surface area contributed by atoms with E-state index in [0.29, 0.717) is 24.0 Å². The number of anilines is 2. The summed E-state index contributed by atoms with van der Waals surface area (Å²) in [5.41, 5.74) is 5.51. The third-order valence-corrected chi connectivity index (χ3v) is 2.58. The Morgan fingerprint density at radius 1 is 1.47 bits per heavy atom. The maximum atomic E-state index is 10.9. The van der Waals surface area contributed by atoms with Crippen LogP contribution >= 0.6 is 0 Å². The lowest BCUT2D eigenvalue weighted by Gasteiger charge is -2.05. The van der Waals surface area contributed by atoms with E-state index in [4.69, 9.17) is 5.73 Å². The molecule has 6 nitrogen and oxygen atoms in total. The second-order valence-corrected chi connectivity index (χ2v) is 5.54. The average Bonchev–Trinajstić information content (AvgIpc) is 1.99. The summed E-state index contributed by atoms with van der Waals surface area (Å²) in [5.74, 6) is 1.53. The number of hydrogen-bond donors (Lipinski definition) is 2. The van der Waals surface area contributed by atoms with Gasteiger partial charge in [0, 0.05) is 18.9 Å². The number of sulfone groups is 1. The Morgan fingerprint density at radius 3 is 2.67 bits per heavy atom. The van der Waals surface area contributed by atoms with E-state index in [0.717, 1.165) is 0 Å². The molecule has 0 fully saturated rings. The van der Waals surface area contributed by atoms with Gasteiger partial charge in [0.25, 0.3) is 0 Å². The van der Waals surface area contributed by atoms with Crippen molar-refractivity contribution in [3.63, 3.8) is 0 Å². The monoisotopic (exact) mass is 230 g/mol. The van der Waals surface area contributed by atoms with Gasteiger partial charge in [0.05, 0.1) is 5.75 Å². The lowest BCUT2D eigenvalue weighted by Crippen LogP contribution is -2.15. The van der Waals surface area contributed by atoms with Gasteiger partial charge in [-0.2, -0.15) is 0 Å². The first-order chi connectivity index (χ1) is 6.87. The molecular weight excluding hydrogens is 216 g/mol. The van der Waals surface area contributed by atoms with E-state index in [9.17, 15) is 8.42 Å². The molecular formula is C8H14N4O2S. The van der Waals surface area contributed by atoms with Gasteiger partial charge >= 0.3 is 0 Å². The van der Waals surface area contributed by atoms with Crippen molar-refractivity contribution in [2.75, 3.05) is 29.6 Å². The molecule has 1 rings (SSSR count). The normalized spacial score (nSPS) is 11.3. The van der Waals surface area contributed by atoms with Crippen LogP contribution in [0.3, 0.4) is 0 Å². The lowest BCUT2D eigenvalue weighted by atomic mass is 10.5. The molecule has 0 aliphatic rings. The third-order valence-electron chi connectivity index (χ3n) is 1.64. The summed E-state index contributed by atoms with van der Waals surface area (Å²) in [6.45, 7) is 2.03. The molecule has 0 bridgehead atoms. The van der Waals surface area contributed by atoms with E-state index >= 15 is 0 Å². The van der Waals surface area contributed by atoms with Crippen molar-refractivity contribution in [2.45, 2.75) is 6.92 Å². The Labute approximate surface area is 88.8 Å². The van der Waals surface area contributed by atoms with Gasteiger partial charge in [-0.1, -0.05) is 0 Å². The molecule has 15 heavy (non-hydrogen) atoms. The zero-order chi connectivity index (χ0) is 11.5. The second-order valence-electron chi connectivity index (χ2n) is 3.28. The standard InChI is InChI=1S/C8H14N4O2S/c1-6-11-7(9)5-8(12-6)10-3-4-15(2,13)14/h5H,3-4H2,1-2H3,(H3,9,10,11,12). The predicted molar refractivity (Wildman–Crippen MR) is 59.4 cm³/mol. The molecule has 7 heteroatoms. The predicted octanol–water partition coefficient (Wildman–Crippen LogP) is -0.176. The van der Waals surface area contributed by atoms with Gasteiger partial charge in [-0.25, -0.2) is 18.4 Å². The van der Waals surface area contributed by atoms with Crippen LogP contribution in [0.2, 0.25) is 0 Å². The molecule has 0 aliphatic carbocycles. The van der Waals surface area contributed by atoms with Crippen molar-refractivity contribution < 1.29 is 8.42 Å². The largest absolute Gasteiger partial charge is 0.384 e. The number of nitrogens with two attached hydrogens (primary N) is 1. The Balaban J connectivity index is 2.58. The fraction of sp³-hybridized carbons (Fsp3) is 0.500. The number of nitrogens with one attached hydrogen (secondary N) is 1. The second kappa shape index (κ2) is 4.43. The topological polar surface area (TPSA) is 98.0 Å². The summed E-state index contributed by atoms with van der Waals surface area (Å²) in [5, 5.41) is 2.87. The molecule has 0 aliphatic heterocycles. The minimum Gasteiger partial charge on any atom is -0.384 e. The molecule has 0 atom stereocenters. The maximum absolute atomic E-state index is 10.9. The quantitative estimate of drug-likeness (QED) is 0.744. The van der Waals surface area contributed by atoms with Gasteiger partial charge in [-0.05, 0) is 6.92 Å². The molecule has 0 amide bonds. The highest BCUT2D eigenvalue weighted by atomic mass is 32.2. The van der Waals surface area contributed by atoms with E-state index in [1.165, 1.54) is 6.26 Å². The molecule has 0 saturated heterocycles. The first-order valence-electron chi connectivity index (χ1n) is 4.39. The van der Waals surface area contributed by atoms with Gasteiger partial charge in [-0.15, -0.1) is 0 Å². The van der Waals surface area contributed by atoms with E-state index in [-0.39, 0.29) is 5.75 Å². The van der Waals surface area contributed by atoms with Crippen molar-refractivity contribution in [1.82, 2.24) is 9.97 Å². The number of nitrogen functional groups attached to an aromatic ring is 1. The van der Waals surface area contributed by atoms with E-state index in [1.54, 1.807) is 13.0 Å². The van der Waals surface area contributed by atoms with Crippen molar-refractivity contribution in [2.24, 2.45) is 0 Å². The fourth-order valence-electron chi connectivity index (χ4n) is 1.05. The minimum atomic E-state index is -2.95. The average molecular weight is 230 g/mol. The van der Waals surface area contributed by atoms with Gasteiger partial charge in [-0.3, -0.25) is 0 Å². The van der Waals surface area contributed by atoms with Crippen LogP contribution in [0, 0.1) is 6.92 Å². The van der Waals surface area contributed by atoms with Gasteiger partial charge < -0.3 is 11.1 Å². The molecule has 0 radical (unpaired) electrons. The first kappa shape index (κ1) is 11.7. The summed E-state index contributed by atoms with van der Waals surface area (Å²) in [6, 6.07) is 1.56. The number of nitrogens with zero attached hydrogens (tertiary/aromatic N) is 2. The molecule has 1 aromatic heterocycles. The van der Waals surface area contributed by atoms with E-state index < -0.39 is 9.84 Å². The number of aryl methyl sites for hydroxylation is 1. The smallest absolute Gasteiger partial charge is 0.149 e. The van der Waals surface area contributed by atoms with Crippen molar-refractivity contribution in [3.05, 3.63) is 11.9 Å². The molecule has 0 aromatic carbocycles. The highest BCUT2D eigenvalue weighted by Gasteiger charge is 2.02. The lowest BCUT2D eigenvalue weighted by molar-refractivity contribution is 0.602. The van der Waals surface area contributed by atoms with Crippen LogP contribution in [0.1, 0.15) is 5.82 Å². The minimum absolute atomic E-state index is 0.0654. The number of hydrogen-bond acceptors (Lipinski definition) is 6. The van der Waals surface area contributed by atoms with E-state index in [1.807, 2.05) is 0 Å². The Kier molecular flexibility index (Phi) is 3.46. The summed E-state index contributed by atoms with van der Waals surface area (Å²) in [7, 11) is -2.95. The summed E-state index contributed by atoms with van der Waals surface area (Å²) >= 11 is 0. The van der Waals surface area contributed by atoms with Crippen molar-refractivity contribution in [3.8, 4) is 0 Å². The zero-order valence-corrected chi connectivity index (χ0v) is 9.50. The first-order valence-corrected chi connectivity index (χ1v) is 6.45. The van der Waals surface area contributed by atoms with Crippen LogP contribution in [0.25, 0.3) is 0 Å². The summed E-state index contributed by atoms with van der Waals surface area (Å²) < 4.78 is 21.7. The van der Waals surface area contributed by atoms with Crippen LogP contribution in [0.15, 0.2) is 6.07 Å². The van der Waals surface area contributed by atoms with Crippen LogP contribution < -0.4 is 11.1 Å². The third kappa shape index (κ3) is 4.59. The van der Waals surface area contributed by atoms with Crippen molar-refractivity contribution in [1.29, 1.82) is 0 Å². The Morgan fingerprint density at radius 2 is 2.13 bits per heavy atom. The molecule has 0 spiro atoms. The molecule has 0 saturated carbocycles. The molecule has 0 unspecified atom stereocenters. The molecule has 3 N–H and O–H groups in total. The Hall–Kier alpha value is -1.37. The molecule has 84 valence electrons. The zero-order valence-electron chi connectivity index (χ0n) is 8.69. The SMILES string of the molecule is Cc1nc(N)cc(NCCS(C)(=O)=O)n1. The fourth-order valence-corrected chi connectivity index (χ4v) is 1.52. The van der Waals surface area contributed by atoms with Gasteiger partial charge in [0.15, 0.2) is 0 Å². The highest BCUT2D eigenvalue weighted by molar-refractivity contribution is 7.90. The van der Waals surface area contributed by atoms with Crippen LogP contribution in [0.5, 0.6) is 0 Å². The van der Waals surface area contributed by atoms with Crippen LogP contribution in [-0.4, -0.2) is 36.9 Å². The van der Waals surface area contributed by atoms with E-state index in [2.05, 4.69) is 15.3 Å². The summed E-state index contributed by atoms with van der Waals surface area (Å²) in [6.07, 6.45) is 1.19. The highest BCUT2D eigenvalue weighted by Crippen LogP contribution is 2.06. The van der Waals surface area contributed by atoms with Gasteiger partial charge in [0.2, 0.25) is 0 Å². The van der Waals surface area contributed by atoms with Crippen LogP contribution in [-0.2, 0) is 9.84 Å². The molecule has 1 aromatic rings. The molecule has 1 heterocycles. The van der Waals surface area contributed by atoms with Crippen LogP contribution in [0.4, 0.5) is 11.6 Å². The Bertz CT molecular complexity index is 424.